The van der Waals surface area contributed by atoms with Crippen LogP contribution in [0.1, 0.15) is 23.8 Å². The zero-order valence-electron chi connectivity index (χ0n) is 9.05. The average molecular weight is 212 g/mol. The molecule has 0 radical (unpaired) electrons. The van der Waals surface area contributed by atoms with Crippen molar-refractivity contribution in [2.75, 3.05) is 13.1 Å². The Morgan fingerprint density at radius 2 is 2.36 bits per heavy atom. The summed E-state index contributed by atoms with van der Waals surface area (Å²) < 4.78 is 0. The van der Waals surface area contributed by atoms with Gasteiger partial charge >= 0.3 is 0 Å². The first kappa shape index (κ1) is 11.7. The lowest BCUT2D eigenvalue weighted by atomic mass is 10.1. The van der Waals surface area contributed by atoms with Crippen LogP contribution in [0.5, 0.6) is 0 Å². The van der Waals surface area contributed by atoms with Gasteiger partial charge in [-0.25, -0.2) is 0 Å². The van der Waals surface area contributed by atoms with E-state index < -0.39 is 0 Å². The van der Waals surface area contributed by atoms with Crippen LogP contribution in [-0.4, -0.2) is 13.1 Å². The molecule has 3 heteroatoms. The largest absolute Gasteiger partial charge is 0.330 e. The molecule has 1 rings (SSSR count). The zero-order valence-corrected chi connectivity index (χ0v) is 9.86. The number of aryl methyl sites for hydroxylation is 1. The van der Waals surface area contributed by atoms with E-state index in [1.54, 1.807) is 0 Å². The summed E-state index contributed by atoms with van der Waals surface area (Å²) in [6, 6.07) is 2.17. The molecule has 1 aromatic rings. The Labute approximate surface area is 90.5 Å². The van der Waals surface area contributed by atoms with Crippen molar-refractivity contribution in [3.05, 3.63) is 21.9 Å². The van der Waals surface area contributed by atoms with E-state index >= 15 is 0 Å². The molecule has 80 valence electrons. The van der Waals surface area contributed by atoms with Gasteiger partial charge in [-0.15, -0.1) is 11.3 Å². The van der Waals surface area contributed by atoms with Gasteiger partial charge in [0.05, 0.1) is 0 Å². The smallest absolute Gasteiger partial charge is 0.0302 e. The van der Waals surface area contributed by atoms with Crippen molar-refractivity contribution in [1.29, 1.82) is 0 Å². The van der Waals surface area contributed by atoms with Crippen LogP contribution in [-0.2, 0) is 6.54 Å². The predicted octanol–water partition coefficient (Wildman–Crippen LogP) is 2.13. The standard InChI is InChI=1S/C11H20N2S/c1-3-10(6-12)7-13-8-11-9(2)4-5-14-11/h4-5,10,13H,3,6-8,12H2,1-2H3. The van der Waals surface area contributed by atoms with Crippen LogP contribution in [0.3, 0.4) is 0 Å². The molecule has 0 saturated heterocycles. The molecule has 2 nitrogen and oxygen atoms in total. The van der Waals surface area contributed by atoms with Crippen molar-refractivity contribution < 1.29 is 0 Å². The normalized spacial score (nSPS) is 13.1. The van der Waals surface area contributed by atoms with Crippen LogP contribution in [0, 0.1) is 12.8 Å². The highest BCUT2D eigenvalue weighted by molar-refractivity contribution is 7.10. The summed E-state index contributed by atoms with van der Waals surface area (Å²) in [6.45, 7) is 7.15. The van der Waals surface area contributed by atoms with Gasteiger partial charge in [0.25, 0.3) is 0 Å². The minimum Gasteiger partial charge on any atom is -0.330 e. The summed E-state index contributed by atoms with van der Waals surface area (Å²) >= 11 is 1.82. The van der Waals surface area contributed by atoms with Crippen LogP contribution in [0.4, 0.5) is 0 Å². The Bertz CT molecular complexity index is 254. The molecule has 1 atom stereocenters. The molecule has 0 bridgehead atoms. The van der Waals surface area contributed by atoms with Crippen LogP contribution in [0.2, 0.25) is 0 Å². The van der Waals surface area contributed by atoms with E-state index in [2.05, 4.69) is 30.6 Å². The summed E-state index contributed by atoms with van der Waals surface area (Å²) in [5.74, 6) is 0.621. The Kier molecular flexibility index (Phi) is 5.15. The average Bonchev–Trinajstić information content (AvgIpc) is 2.59. The summed E-state index contributed by atoms with van der Waals surface area (Å²) in [7, 11) is 0. The maximum Gasteiger partial charge on any atom is 0.0302 e. The van der Waals surface area contributed by atoms with Crippen molar-refractivity contribution in [3.8, 4) is 0 Å². The van der Waals surface area contributed by atoms with E-state index in [1.807, 2.05) is 11.3 Å². The van der Waals surface area contributed by atoms with Gasteiger partial charge in [-0.05, 0) is 42.9 Å². The molecular weight excluding hydrogens is 192 g/mol. The predicted molar refractivity (Wildman–Crippen MR) is 63.6 cm³/mol. The van der Waals surface area contributed by atoms with Gasteiger partial charge in [0.15, 0.2) is 0 Å². The first-order valence-electron chi connectivity index (χ1n) is 5.21. The molecule has 0 aromatic carbocycles. The number of hydrogen-bond donors (Lipinski definition) is 2. The molecule has 0 spiro atoms. The van der Waals surface area contributed by atoms with Gasteiger partial charge in [0.1, 0.15) is 0 Å². The zero-order chi connectivity index (χ0) is 10.4. The van der Waals surface area contributed by atoms with E-state index in [9.17, 15) is 0 Å². The van der Waals surface area contributed by atoms with Crippen LogP contribution >= 0.6 is 11.3 Å². The summed E-state index contributed by atoms with van der Waals surface area (Å²) in [5.41, 5.74) is 7.03. The fraction of sp³-hybridized carbons (Fsp3) is 0.636. The quantitative estimate of drug-likeness (QED) is 0.758. The molecule has 0 aliphatic rings. The maximum atomic E-state index is 5.64. The number of nitrogens with one attached hydrogen (secondary N) is 1. The molecule has 1 aromatic heterocycles. The van der Waals surface area contributed by atoms with Gasteiger partial charge in [-0.2, -0.15) is 0 Å². The number of nitrogens with two attached hydrogens (primary N) is 1. The Morgan fingerprint density at radius 3 is 2.86 bits per heavy atom. The molecule has 0 fully saturated rings. The second-order valence-corrected chi connectivity index (χ2v) is 4.67. The molecule has 1 heterocycles. The molecule has 3 N–H and O–H groups in total. The summed E-state index contributed by atoms with van der Waals surface area (Å²) in [5, 5.41) is 5.61. The van der Waals surface area contributed by atoms with Crippen molar-refractivity contribution in [1.82, 2.24) is 5.32 Å². The van der Waals surface area contributed by atoms with Crippen LogP contribution in [0.15, 0.2) is 11.4 Å². The lowest BCUT2D eigenvalue weighted by molar-refractivity contribution is 0.472. The highest BCUT2D eigenvalue weighted by Gasteiger charge is 2.04. The molecule has 0 aliphatic carbocycles. The lowest BCUT2D eigenvalue weighted by Crippen LogP contribution is -2.27. The minimum absolute atomic E-state index is 0.621. The Morgan fingerprint density at radius 1 is 1.57 bits per heavy atom. The monoisotopic (exact) mass is 212 g/mol. The summed E-state index contributed by atoms with van der Waals surface area (Å²) in [6.07, 6.45) is 1.16. The molecular formula is C11H20N2S. The van der Waals surface area contributed by atoms with E-state index in [0.29, 0.717) is 5.92 Å². The van der Waals surface area contributed by atoms with Gasteiger partial charge in [0, 0.05) is 11.4 Å². The van der Waals surface area contributed by atoms with E-state index in [0.717, 1.165) is 26.1 Å². The second kappa shape index (κ2) is 6.17. The van der Waals surface area contributed by atoms with E-state index in [4.69, 9.17) is 5.73 Å². The van der Waals surface area contributed by atoms with E-state index in [-0.39, 0.29) is 0 Å². The van der Waals surface area contributed by atoms with Crippen molar-refractivity contribution in [3.63, 3.8) is 0 Å². The molecule has 0 amide bonds. The molecule has 0 saturated carbocycles. The number of rotatable bonds is 6. The minimum atomic E-state index is 0.621. The SMILES string of the molecule is CCC(CN)CNCc1sccc1C. The van der Waals surface area contributed by atoms with E-state index in [1.165, 1.54) is 10.4 Å². The third kappa shape index (κ3) is 3.40. The van der Waals surface area contributed by atoms with Crippen molar-refractivity contribution >= 4 is 11.3 Å². The third-order valence-corrected chi connectivity index (χ3v) is 3.62. The summed E-state index contributed by atoms with van der Waals surface area (Å²) in [4.78, 5) is 1.44. The Hall–Kier alpha value is -0.380. The number of hydrogen-bond acceptors (Lipinski definition) is 3. The first-order chi connectivity index (χ1) is 6.77. The van der Waals surface area contributed by atoms with Crippen LogP contribution < -0.4 is 11.1 Å². The highest BCUT2D eigenvalue weighted by atomic mass is 32.1. The van der Waals surface area contributed by atoms with Crippen LogP contribution in [0.25, 0.3) is 0 Å². The van der Waals surface area contributed by atoms with Crippen molar-refractivity contribution in [2.45, 2.75) is 26.8 Å². The van der Waals surface area contributed by atoms with Gasteiger partial charge in [-0.3, -0.25) is 0 Å². The van der Waals surface area contributed by atoms with Crippen molar-refractivity contribution in [2.24, 2.45) is 11.7 Å². The lowest BCUT2D eigenvalue weighted by Gasteiger charge is -2.12. The molecule has 0 aliphatic heterocycles. The van der Waals surface area contributed by atoms with Gasteiger partial charge < -0.3 is 11.1 Å². The fourth-order valence-electron chi connectivity index (χ4n) is 1.37. The Balaban J connectivity index is 2.24. The van der Waals surface area contributed by atoms with Gasteiger partial charge in [0.2, 0.25) is 0 Å². The number of thiophene rings is 1. The third-order valence-electron chi connectivity index (χ3n) is 2.60. The topological polar surface area (TPSA) is 38.0 Å². The maximum absolute atomic E-state index is 5.64. The highest BCUT2D eigenvalue weighted by Crippen LogP contribution is 2.14. The second-order valence-electron chi connectivity index (χ2n) is 3.67. The molecule has 14 heavy (non-hydrogen) atoms. The van der Waals surface area contributed by atoms with Gasteiger partial charge in [-0.1, -0.05) is 13.3 Å². The fourth-order valence-corrected chi connectivity index (χ4v) is 2.25. The molecule has 1 unspecified atom stereocenters. The first-order valence-corrected chi connectivity index (χ1v) is 6.09.